The van der Waals surface area contributed by atoms with E-state index in [0.717, 1.165) is 0 Å². The second-order valence-corrected chi connectivity index (χ2v) is 5.57. The molecular weight excluding hydrogens is 258 g/mol. The molecule has 3 heteroatoms. The van der Waals surface area contributed by atoms with Crippen LogP contribution in [0.1, 0.15) is 17.3 Å². The zero-order valence-electron chi connectivity index (χ0n) is 7.59. The van der Waals surface area contributed by atoms with Gasteiger partial charge in [-0.2, -0.15) is 0 Å². The summed E-state index contributed by atoms with van der Waals surface area (Å²) in [6.45, 7) is 1.17. The van der Waals surface area contributed by atoms with E-state index in [2.05, 4.69) is 45.5 Å². The van der Waals surface area contributed by atoms with Gasteiger partial charge < -0.3 is 5.32 Å². The number of fused-ring (bicyclic) bond motifs is 1. The van der Waals surface area contributed by atoms with Gasteiger partial charge in [-0.15, -0.1) is 11.3 Å². The molecule has 1 fully saturated rings. The van der Waals surface area contributed by atoms with E-state index in [9.17, 15) is 0 Å². The number of nitrogens with one attached hydrogen (secondary N) is 1. The molecule has 0 aliphatic carbocycles. The fraction of sp³-hybridized carbons (Fsp3) is 0.273. The Kier molecular flexibility index (Phi) is 2.11. The molecule has 72 valence electrons. The van der Waals surface area contributed by atoms with Gasteiger partial charge in [-0.1, -0.05) is 22.0 Å². The van der Waals surface area contributed by atoms with Crippen molar-refractivity contribution in [3.8, 4) is 0 Å². The van der Waals surface area contributed by atoms with E-state index in [-0.39, 0.29) is 0 Å². The smallest absolute Gasteiger partial charge is 0.0427 e. The summed E-state index contributed by atoms with van der Waals surface area (Å²) in [4.78, 5) is 1.47. The van der Waals surface area contributed by atoms with E-state index in [4.69, 9.17) is 0 Å². The predicted octanol–water partition coefficient (Wildman–Crippen LogP) is 3.70. The van der Waals surface area contributed by atoms with Gasteiger partial charge in [0, 0.05) is 25.5 Å². The molecule has 14 heavy (non-hydrogen) atoms. The van der Waals surface area contributed by atoms with E-state index in [1.165, 1.54) is 32.4 Å². The molecule has 1 nitrogen and oxygen atoms in total. The number of thiophene rings is 1. The highest BCUT2D eigenvalue weighted by Gasteiger charge is 2.20. The van der Waals surface area contributed by atoms with Gasteiger partial charge in [0.05, 0.1) is 0 Å². The molecule has 1 aromatic carbocycles. The van der Waals surface area contributed by atoms with Crippen molar-refractivity contribution >= 4 is 37.4 Å². The van der Waals surface area contributed by atoms with Crippen LogP contribution in [-0.4, -0.2) is 6.54 Å². The molecule has 1 unspecified atom stereocenters. The summed E-state index contributed by atoms with van der Waals surface area (Å²) in [7, 11) is 0. The molecule has 1 N–H and O–H groups in total. The number of halogens is 1. The molecule has 0 bridgehead atoms. The number of benzene rings is 1. The molecule has 1 atom stereocenters. The molecule has 1 saturated heterocycles. The molecule has 1 aliphatic rings. The average Bonchev–Trinajstić information content (AvgIpc) is 2.46. The average molecular weight is 268 g/mol. The van der Waals surface area contributed by atoms with Crippen LogP contribution in [0.15, 0.2) is 28.7 Å². The van der Waals surface area contributed by atoms with Crippen molar-refractivity contribution in [3.05, 3.63) is 33.6 Å². The third-order valence-corrected chi connectivity index (χ3v) is 4.60. The van der Waals surface area contributed by atoms with E-state index in [0.29, 0.717) is 6.04 Å². The van der Waals surface area contributed by atoms with Crippen LogP contribution >= 0.6 is 27.3 Å². The molecule has 1 aromatic heterocycles. The first-order valence-corrected chi connectivity index (χ1v) is 6.37. The van der Waals surface area contributed by atoms with Crippen molar-refractivity contribution in [2.75, 3.05) is 6.54 Å². The molecule has 0 saturated carbocycles. The highest BCUT2D eigenvalue weighted by atomic mass is 79.9. The van der Waals surface area contributed by atoms with Crippen molar-refractivity contribution in [3.63, 3.8) is 0 Å². The summed E-state index contributed by atoms with van der Waals surface area (Å²) in [5.41, 5.74) is 0. The Bertz CT molecular complexity index is 473. The SMILES string of the molecule is Brc1cccc2sc(C3CCN3)cc12. The first-order chi connectivity index (χ1) is 6.84. The van der Waals surface area contributed by atoms with E-state index < -0.39 is 0 Å². The second-order valence-electron chi connectivity index (χ2n) is 3.60. The summed E-state index contributed by atoms with van der Waals surface area (Å²) < 4.78 is 2.58. The fourth-order valence-corrected chi connectivity index (χ4v) is 3.56. The van der Waals surface area contributed by atoms with Crippen molar-refractivity contribution in [2.45, 2.75) is 12.5 Å². The van der Waals surface area contributed by atoms with Crippen molar-refractivity contribution < 1.29 is 0 Å². The van der Waals surface area contributed by atoms with Crippen LogP contribution in [0, 0.1) is 0 Å². The molecule has 3 rings (SSSR count). The molecule has 2 heterocycles. The Labute approximate surface area is 95.3 Å². The summed E-state index contributed by atoms with van der Waals surface area (Å²) >= 11 is 5.49. The predicted molar refractivity (Wildman–Crippen MR) is 64.9 cm³/mol. The maximum atomic E-state index is 3.59. The van der Waals surface area contributed by atoms with Gasteiger partial charge in [-0.05, 0) is 31.2 Å². The minimum absolute atomic E-state index is 0.610. The summed E-state index contributed by atoms with van der Waals surface area (Å²) in [5.74, 6) is 0. The maximum Gasteiger partial charge on any atom is 0.0427 e. The Morgan fingerprint density at radius 1 is 1.43 bits per heavy atom. The van der Waals surface area contributed by atoms with Gasteiger partial charge >= 0.3 is 0 Å². The summed E-state index contributed by atoms with van der Waals surface area (Å²) in [6.07, 6.45) is 1.28. The summed E-state index contributed by atoms with van der Waals surface area (Å²) in [6, 6.07) is 9.31. The van der Waals surface area contributed by atoms with E-state index in [1.807, 2.05) is 11.3 Å². The Balaban J connectivity index is 2.15. The highest BCUT2D eigenvalue weighted by molar-refractivity contribution is 9.10. The third-order valence-electron chi connectivity index (χ3n) is 2.69. The second kappa shape index (κ2) is 3.33. The molecule has 0 spiro atoms. The van der Waals surface area contributed by atoms with Gasteiger partial charge in [0.2, 0.25) is 0 Å². The van der Waals surface area contributed by atoms with Gasteiger partial charge in [0.15, 0.2) is 0 Å². The Morgan fingerprint density at radius 2 is 2.29 bits per heavy atom. The zero-order chi connectivity index (χ0) is 9.54. The van der Waals surface area contributed by atoms with Gasteiger partial charge in [-0.25, -0.2) is 0 Å². The van der Waals surface area contributed by atoms with Crippen LogP contribution < -0.4 is 5.32 Å². The number of hydrogen-bond donors (Lipinski definition) is 1. The van der Waals surface area contributed by atoms with Crippen LogP contribution in [0.4, 0.5) is 0 Å². The minimum Gasteiger partial charge on any atom is -0.309 e. The zero-order valence-corrected chi connectivity index (χ0v) is 9.99. The molecule has 0 radical (unpaired) electrons. The van der Waals surface area contributed by atoms with Crippen molar-refractivity contribution in [1.29, 1.82) is 0 Å². The molecule has 1 aliphatic heterocycles. The van der Waals surface area contributed by atoms with Gasteiger partial charge in [0.25, 0.3) is 0 Å². The van der Waals surface area contributed by atoms with E-state index >= 15 is 0 Å². The number of rotatable bonds is 1. The van der Waals surface area contributed by atoms with Crippen LogP contribution in [0.25, 0.3) is 10.1 Å². The van der Waals surface area contributed by atoms with E-state index in [1.54, 1.807) is 0 Å². The number of hydrogen-bond acceptors (Lipinski definition) is 2. The lowest BCUT2D eigenvalue weighted by Crippen LogP contribution is -2.34. The standard InChI is InChI=1S/C11H10BrNS/c12-8-2-1-3-10-7(8)6-11(14-10)9-4-5-13-9/h1-3,6,9,13H,4-5H2. The van der Waals surface area contributed by atoms with Crippen LogP contribution in [-0.2, 0) is 0 Å². The van der Waals surface area contributed by atoms with Crippen LogP contribution in [0.2, 0.25) is 0 Å². The maximum absolute atomic E-state index is 3.59. The molecule has 2 aromatic rings. The Morgan fingerprint density at radius 3 is 2.93 bits per heavy atom. The van der Waals surface area contributed by atoms with Crippen LogP contribution in [0.5, 0.6) is 0 Å². The topological polar surface area (TPSA) is 12.0 Å². The Hall–Kier alpha value is -0.380. The summed E-state index contributed by atoms with van der Waals surface area (Å²) in [5, 5.41) is 4.79. The fourth-order valence-electron chi connectivity index (χ4n) is 1.75. The molecular formula is C11H10BrNS. The lowest BCUT2D eigenvalue weighted by atomic mass is 10.1. The van der Waals surface area contributed by atoms with Crippen LogP contribution in [0.3, 0.4) is 0 Å². The highest BCUT2D eigenvalue weighted by Crippen LogP contribution is 2.36. The third kappa shape index (κ3) is 1.31. The monoisotopic (exact) mass is 267 g/mol. The lowest BCUT2D eigenvalue weighted by Gasteiger charge is -2.26. The minimum atomic E-state index is 0.610. The van der Waals surface area contributed by atoms with Gasteiger partial charge in [0.1, 0.15) is 0 Å². The van der Waals surface area contributed by atoms with Crippen molar-refractivity contribution in [2.24, 2.45) is 0 Å². The van der Waals surface area contributed by atoms with Crippen molar-refractivity contribution in [1.82, 2.24) is 5.32 Å². The normalized spacial score (nSPS) is 21.1. The van der Waals surface area contributed by atoms with Gasteiger partial charge in [-0.3, -0.25) is 0 Å². The first kappa shape index (κ1) is 8.89. The quantitative estimate of drug-likeness (QED) is 0.831. The first-order valence-electron chi connectivity index (χ1n) is 4.76. The molecule has 0 amide bonds. The lowest BCUT2D eigenvalue weighted by molar-refractivity contribution is 0.389. The largest absolute Gasteiger partial charge is 0.309 e.